The molecule has 1 aliphatic carbocycles. The van der Waals surface area contributed by atoms with E-state index in [1.807, 2.05) is 0 Å². The standard InChI is InChI=1S/C10H17NO3/c1-10(2)5-3-4-7(10)11-8(12)6-9(13)14/h7H,3-6H2,1-2H3,(H,11,12)(H,13,14). The Hall–Kier alpha value is -1.06. The van der Waals surface area contributed by atoms with Crippen molar-refractivity contribution in [2.45, 2.75) is 45.6 Å². The maximum Gasteiger partial charge on any atom is 0.312 e. The Kier molecular flexibility index (Phi) is 3.13. The molecule has 0 aromatic heterocycles. The van der Waals surface area contributed by atoms with Gasteiger partial charge in [-0.25, -0.2) is 0 Å². The Bertz CT molecular complexity index is 248. The third-order valence-corrected chi connectivity index (χ3v) is 2.90. The number of hydrogen-bond donors (Lipinski definition) is 2. The molecule has 0 spiro atoms. The number of carbonyl (C=O) groups excluding carboxylic acids is 1. The largest absolute Gasteiger partial charge is 0.481 e. The Morgan fingerprint density at radius 3 is 2.57 bits per heavy atom. The lowest BCUT2D eigenvalue weighted by atomic mass is 9.87. The minimum absolute atomic E-state index is 0.105. The van der Waals surface area contributed by atoms with Crippen LogP contribution in [0.2, 0.25) is 0 Å². The molecule has 0 saturated heterocycles. The van der Waals surface area contributed by atoms with Crippen molar-refractivity contribution in [3.63, 3.8) is 0 Å². The lowest BCUT2D eigenvalue weighted by molar-refractivity contribution is -0.141. The number of hydrogen-bond acceptors (Lipinski definition) is 2. The van der Waals surface area contributed by atoms with Crippen LogP contribution < -0.4 is 5.32 Å². The fourth-order valence-corrected chi connectivity index (χ4v) is 1.98. The summed E-state index contributed by atoms with van der Waals surface area (Å²) in [5, 5.41) is 11.2. The van der Waals surface area contributed by atoms with E-state index >= 15 is 0 Å². The zero-order valence-electron chi connectivity index (χ0n) is 8.67. The molecule has 1 unspecified atom stereocenters. The maximum absolute atomic E-state index is 11.2. The normalized spacial score (nSPS) is 24.6. The lowest BCUT2D eigenvalue weighted by Crippen LogP contribution is -2.42. The quantitative estimate of drug-likeness (QED) is 0.670. The molecule has 14 heavy (non-hydrogen) atoms. The monoisotopic (exact) mass is 199 g/mol. The van der Waals surface area contributed by atoms with Gasteiger partial charge in [-0.1, -0.05) is 20.3 Å². The van der Waals surface area contributed by atoms with Gasteiger partial charge >= 0.3 is 5.97 Å². The van der Waals surface area contributed by atoms with Gasteiger partial charge < -0.3 is 10.4 Å². The third kappa shape index (κ3) is 2.72. The Balaban J connectivity index is 2.44. The summed E-state index contributed by atoms with van der Waals surface area (Å²) in [5.74, 6) is -1.45. The first kappa shape index (κ1) is 11.0. The second kappa shape index (κ2) is 3.98. The molecule has 0 aliphatic heterocycles. The molecule has 0 aromatic rings. The molecule has 0 radical (unpaired) electrons. The Morgan fingerprint density at radius 1 is 1.50 bits per heavy atom. The summed E-state index contributed by atoms with van der Waals surface area (Å²) < 4.78 is 0. The van der Waals surface area contributed by atoms with Gasteiger partial charge in [0.2, 0.25) is 5.91 Å². The molecule has 1 saturated carbocycles. The number of amides is 1. The van der Waals surface area contributed by atoms with E-state index in [0.717, 1.165) is 19.3 Å². The van der Waals surface area contributed by atoms with Crippen LogP contribution in [0, 0.1) is 5.41 Å². The highest BCUT2D eigenvalue weighted by Gasteiger charge is 2.35. The summed E-state index contributed by atoms with van der Waals surface area (Å²) in [4.78, 5) is 21.5. The van der Waals surface area contributed by atoms with E-state index < -0.39 is 12.4 Å². The van der Waals surface area contributed by atoms with Crippen LogP contribution in [0.5, 0.6) is 0 Å². The molecule has 1 aliphatic rings. The zero-order valence-corrected chi connectivity index (χ0v) is 8.67. The van der Waals surface area contributed by atoms with Crippen molar-refractivity contribution >= 4 is 11.9 Å². The summed E-state index contributed by atoms with van der Waals surface area (Å²) in [6.07, 6.45) is 2.72. The van der Waals surface area contributed by atoms with Gasteiger partial charge in [0.15, 0.2) is 0 Å². The molecule has 0 heterocycles. The first-order chi connectivity index (χ1) is 6.42. The predicted molar refractivity (Wildman–Crippen MR) is 51.8 cm³/mol. The van der Waals surface area contributed by atoms with Gasteiger partial charge in [0.25, 0.3) is 0 Å². The third-order valence-electron chi connectivity index (χ3n) is 2.90. The van der Waals surface area contributed by atoms with Crippen LogP contribution >= 0.6 is 0 Å². The van der Waals surface area contributed by atoms with Crippen LogP contribution in [0.4, 0.5) is 0 Å². The molecule has 4 nitrogen and oxygen atoms in total. The van der Waals surface area contributed by atoms with Crippen LogP contribution in [0.15, 0.2) is 0 Å². The van der Waals surface area contributed by atoms with Crippen LogP contribution in [0.3, 0.4) is 0 Å². The average Bonchev–Trinajstić information content (AvgIpc) is 2.29. The molecule has 4 heteroatoms. The molecule has 1 fully saturated rings. The summed E-state index contributed by atoms with van der Waals surface area (Å²) in [6, 6.07) is 0.134. The zero-order chi connectivity index (χ0) is 10.8. The molecule has 1 rings (SSSR count). The van der Waals surface area contributed by atoms with Crippen molar-refractivity contribution in [3.05, 3.63) is 0 Å². The second-order valence-electron chi connectivity index (χ2n) is 4.57. The smallest absolute Gasteiger partial charge is 0.312 e. The average molecular weight is 199 g/mol. The number of rotatable bonds is 3. The number of nitrogens with one attached hydrogen (secondary N) is 1. The maximum atomic E-state index is 11.2. The van der Waals surface area contributed by atoms with Crippen LogP contribution in [-0.2, 0) is 9.59 Å². The van der Waals surface area contributed by atoms with E-state index in [4.69, 9.17) is 5.11 Å². The number of aliphatic carboxylic acids is 1. The lowest BCUT2D eigenvalue weighted by Gasteiger charge is -2.27. The van der Waals surface area contributed by atoms with E-state index in [0.29, 0.717) is 0 Å². The van der Waals surface area contributed by atoms with Gasteiger partial charge in [-0.15, -0.1) is 0 Å². The highest BCUT2D eigenvalue weighted by atomic mass is 16.4. The van der Waals surface area contributed by atoms with E-state index in [9.17, 15) is 9.59 Å². The fourth-order valence-electron chi connectivity index (χ4n) is 1.98. The van der Waals surface area contributed by atoms with E-state index in [1.54, 1.807) is 0 Å². The molecule has 1 amide bonds. The van der Waals surface area contributed by atoms with Crippen LogP contribution in [-0.4, -0.2) is 23.0 Å². The van der Waals surface area contributed by atoms with Crippen molar-refractivity contribution in [1.29, 1.82) is 0 Å². The van der Waals surface area contributed by atoms with E-state index in [1.165, 1.54) is 0 Å². The van der Waals surface area contributed by atoms with Gasteiger partial charge in [-0.05, 0) is 18.3 Å². The Morgan fingerprint density at radius 2 is 2.14 bits per heavy atom. The van der Waals surface area contributed by atoms with Gasteiger partial charge in [0, 0.05) is 6.04 Å². The topological polar surface area (TPSA) is 66.4 Å². The summed E-state index contributed by atoms with van der Waals surface area (Å²) in [5.41, 5.74) is 0.105. The van der Waals surface area contributed by atoms with Crippen molar-refractivity contribution < 1.29 is 14.7 Å². The Labute approximate surface area is 83.7 Å². The highest BCUT2D eigenvalue weighted by molar-refractivity contribution is 5.93. The molecule has 0 bridgehead atoms. The fraction of sp³-hybridized carbons (Fsp3) is 0.800. The SMILES string of the molecule is CC1(C)CCCC1NC(=O)CC(=O)O. The van der Waals surface area contributed by atoms with Crippen molar-refractivity contribution in [2.75, 3.05) is 0 Å². The summed E-state index contributed by atoms with van der Waals surface area (Å²) in [6.45, 7) is 4.21. The van der Waals surface area contributed by atoms with E-state index in [2.05, 4.69) is 19.2 Å². The predicted octanol–water partition coefficient (Wildman–Crippen LogP) is 1.16. The summed E-state index contributed by atoms with van der Waals surface area (Å²) in [7, 11) is 0. The van der Waals surface area contributed by atoms with Crippen molar-refractivity contribution in [1.82, 2.24) is 5.32 Å². The van der Waals surface area contributed by atoms with Gasteiger partial charge in [0.1, 0.15) is 6.42 Å². The van der Waals surface area contributed by atoms with Crippen LogP contribution in [0.1, 0.15) is 39.5 Å². The minimum Gasteiger partial charge on any atom is -0.481 e. The van der Waals surface area contributed by atoms with Gasteiger partial charge in [-0.2, -0.15) is 0 Å². The molecular formula is C10H17NO3. The number of carboxylic acid groups (broad SMARTS) is 1. The van der Waals surface area contributed by atoms with Crippen LogP contribution in [0.25, 0.3) is 0 Å². The number of carbonyl (C=O) groups is 2. The molecule has 1 atom stereocenters. The molecular weight excluding hydrogens is 182 g/mol. The first-order valence-corrected chi connectivity index (χ1v) is 4.93. The number of carboxylic acids is 1. The second-order valence-corrected chi connectivity index (χ2v) is 4.57. The highest BCUT2D eigenvalue weighted by Crippen LogP contribution is 2.37. The van der Waals surface area contributed by atoms with Gasteiger partial charge in [-0.3, -0.25) is 9.59 Å². The first-order valence-electron chi connectivity index (χ1n) is 4.93. The summed E-state index contributed by atoms with van der Waals surface area (Å²) >= 11 is 0. The molecule has 2 N–H and O–H groups in total. The van der Waals surface area contributed by atoms with Crippen molar-refractivity contribution in [3.8, 4) is 0 Å². The molecule has 0 aromatic carbocycles. The van der Waals surface area contributed by atoms with Gasteiger partial charge in [0.05, 0.1) is 0 Å². The molecule has 80 valence electrons. The minimum atomic E-state index is -1.07. The van der Waals surface area contributed by atoms with E-state index in [-0.39, 0.29) is 17.4 Å². The van der Waals surface area contributed by atoms with Crippen molar-refractivity contribution in [2.24, 2.45) is 5.41 Å².